The van der Waals surface area contributed by atoms with Gasteiger partial charge in [-0.25, -0.2) is 0 Å². The zero-order valence-electron chi connectivity index (χ0n) is 8.64. The monoisotopic (exact) mass is 262 g/mol. The Labute approximate surface area is 102 Å². The van der Waals surface area contributed by atoms with Crippen molar-refractivity contribution in [3.05, 3.63) is 21.3 Å². The third kappa shape index (κ3) is 2.74. The Hall–Kier alpha value is -0.620. The van der Waals surface area contributed by atoms with E-state index in [9.17, 15) is 4.79 Å². The van der Waals surface area contributed by atoms with E-state index in [0.29, 0.717) is 10.9 Å². The summed E-state index contributed by atoms with van der Waals surface area (Å²) in [6.45, 7) is 0.398. The molecule has 0 radical (unpaired) electrons. The lowest BCUT2D eigenvalue weighted by atomic mass is 10.3. The third-order valence-electron chi connectivity index (χ3n) is 2.20. The number of ether oxygens (including phenoxy) is 3. The van der Waals surface area contributed by atoms with E-state index < -0.39 is 6.29 Å². The second kappa shape index (κ2) is 5.14. The highest BCUT2D eigenvalue weighted by molar-refractivity contribution is 7.16. The summed E-state index contributed by atoms with van der Waals surface area (Å²) in [5.41, 5.74) is 0. The first kappa shape index (κ1) is 11.9. The van der Waals surface area contributed by atoms with E-state index in [1.165, 1.54) is 18.4 Å². The second-order valence-corrected chi connectivity index (χ2v) is 5.09. The van der Waals surface area contributed by atoms with Crippen molar-refractivity contribution in [3.63, 3.8) is 0 Å². The SMILES string of the molecule is COC(=O)CC1COC(c2ccc(Cl)s2)O1. The minimum Gasteiger partial charge on any atom is -0.469 e. The molecule has 2 rings (SSSR count). The van der Waals surface area contributed by atoms with Crippen molar-refractivity contribution >= 4 is 28.9 Å². The normalized spacial score (nSPS) is 24.6. The molecular weight excluding hydrogens is 252 g/mol. The van der Waals surface area contributed by atoms with E-state index in [1.807, 2.05) is 6.07 Å². The van der Waals surface area contributed by atoms with E-state index >= 15 is 0 Å². The van der Waals surface area contributed by atoms with Gasteiger partial charge in [-0.15, -0.1) is 11.3 Å². The highest BCUT2D eigenvalue weighted by Gasteiger charge is 2.30. The van der Waals surface area contributed by atoms with Crippen LogP contribution in [0.2, 0.25) is 4.34 Å². The molecule has 1 aromatic heterocycles. The molecule has 0 saturated carbocycles. The van der Waals surface area contributed by atoms with Crippen LogP contribution in [0, 0.1) is 0 Å². The molecule has 1 aliphatic heterocycles. The summed E-state index contributed by atoms with van der Waals surface area (Å²) in [6.07, 6.45) is -0.433. The molecule has 1 aromatic rings. The van der Waals surface area contributed by atoms with Gasteiger partial charge in [0.05, 0.1) is 35.5 Å². The minimum absolute atomic E-state index is 0.214. The highest BCUT2D eigenvalue weighted by Crippen LogP contribution is 2.34. The molecule has 0 bridgehead atoms. The molecule has 2 heterocycles. The maximum atomic E-state index is 11.0. The fraction of sp³-hybridized carbons (Fsp3) is 0.500. The lowest BCUT2D eigenvalue weighted by Gasteiger charge is -2.08. The van der Waals surface area contributed by atoms with Crippen LogP contribution in [0.5, 0.6) is 0 Å². The van der Waals surface area contributed by atoms with Crippen molar-refractivity contribution < 1.29 is 19.0 Å². The number of carbonyl (C=O) groups excluding carboxylic acids is 1. The average molecular weight is 263 g/mol. The van der Waals surface area contributed by atoms with Gasteiger partial charge in [-0.3, -0.25) is 4.79 Å². The number of hydrogen-bond acceptors (Lipinski definition) is 5. The van der Waals surface area contributed by atoms with Crippen LogP contribution in [-0.2, 0) is 19.0 Å². The van der Waals surface area contributed by atoms with Crippen molar-refractivity contribution in [1.29, 1.82) is 0 Å². The first-order valence-electron chi connectivity index (χ1n) is 4.78. The van der Waals surface area contributed by atoms with Gasteiger partial charge in [0.25, 0.3) is 0 Å². The van der Waals surface area contributed by atoms with Crippen molar-refractivity contribution in [2.45, 2.75) is 18.8 Å². The topological polar surface area (TPSA) is 44.8 Å². The molecule has 0 N–H and O–H groups in total. The largest absolute Gasteiger partial charge is 0.469 e. The lowest BCUT2D eigenvalue weighted by molar-refractivity contribution is -0.143. The van der Waals surface area contributed by atoms with Gasteiger partial charge in [-0.2, -0.15) is 0 Å². The Morgan fingerprint density at radius 3 is 3.12 bits per heavy atom. The van der Waals surface area contributed by atoms with Crippen molar-refractivity contribution in [2.75, 3.05) is 13.7 Å². The molecule has 0 amide bonds. The molecule has 6 heteroatoms. The Bertz CT molecular complexity index is 379. The van der Waals surface area contributed by atoms with Crippen molar-refractivity contribution in [1.82, 2.24) is 0 Å². The molecule has 2 unspecified atom stereocenters. The first-order chi connectivity index (χ1) is 7.69. The smallest absolute Gasteiger partial charge is 0.308 e. The summed E-state index contributed by atoms with van der Waals surface area (Å²) >= 11 is 7.23. The molecule has 0 aliphatic carbocycles. The number of thiophene rings is 1. The van der Waals surface area contributed by atoms with Crippen LogP contribution < -0.4 is 0 Å². The van der Waals surface area contributed by atoms with Gasteiger partial charge < -0.3 is 14.2 Å². The minimum atomic E-state index is -0.410. The predicted molar refractivity (Wildman–Crippen MR) is 59.5 cm³/mol. The van der Waals surface area contributed by atoms with E-state index in [4.69, 9.17) is 21.1 Å². The standard InChI is InChI=1S/C10H11ClO4S/c1-13-9(12)4-6-5-14-10(15-6)7-2-3-8(11)16-7/h2-3,6,10H,4-5H2,1H3. The first-order valence-corrected chi connectivity index (χ1v) is 5.97. The lowest BCUT2D eigenvalue weighted by Crippen LogP contribution is -2.16. The molecule has 16 heavy (non-hydrogen) atoms. The fourth-order valence-electron chi connectivity index (χ4n) is 1.43. The summed E-state index contributed by atoms with van der Waals surface area (Å²) in [6, 6.07) is 3.65. The summed E-state index contributed by atoms with van der Waals surface area (Å²) in [5, 5.41) is 0. The number of rotatable bonds is 3. The van der Waals surface area contributed by atoms with Gasteiger partial charge in [-0.1, -0.05) is 11.6 Å². The molecule has 2 atom stereocenters. The fourth-order valence-corrected chi connectivity index (χ4v) is 2.48. The van der Waals surface area contributed by atoms with Gasteiger partial charge >= 0.3 is 5.97 Å². The van der Waals surface area contributed by atoms with E-state index in [2.05, 4.69) is 4.74 Å². The van der Waals surface area contributed by atoms with Gasteiger partial charge in [0.2, 0.25) is 0 Å². The number of esters is 1. The van der Waals surface area contributed by atoms with Crippen LogP contribution >= 0.6 is 22.9 Å². The third-order valence-corrected chi connectivity index (χ3v) is 3.45. The van der Waals surface area contributed by atoms with Crippen LogP contribution in [0.3, 0.4) is 0 Å². The Morgan fingerprint density at radius 2 is 2.50 bits per heavy atom. The van der Waals surface area contributed by atoms with Crippen LogP contribution in [-0.4, -0.2) is 25.8 Å². The van der Waals surface area contributed by atoms with Crippen molar-refractivity contribution in [3.8, 4) is 0 Å². The Balaban J connectivity index is 1.90. The van der Waals surface area contributed by atoms with Gasteiger partial charge in [0.15, 0.2) is 6.29 Å². The molecule has 0 spiro atoms. The number of halogens is 1. The number of carbonyl (C=O) groups is 1. The van der Waals surface area contributed by atoms with Gasteiger partial charge in [-0.05, 0) is 12.1 Å². The van der Waals surface area contributed by atoms with Crippen LogP contribution in [0.1, 0.15) is 17.6 Å². The van der Waals surface area contributed by atoms with Crippen molar-refractivity contribution in [2.24, 2.45) is 0 Å². The average Bonchev–Trinajstić information content (AvgIpc) is 2.87. The van der Waals surface area contributed by atoms with E-state index in [-0.39, 0.29) is 18.5 Å². The maximum absolute atomic E-state index is 11.0. The highest BCUT2D eigenvalue weighted by atomic mass is 35.5. The number of hydrogen-bond donors (Lipinski definition) is 0. The molecule has 1 saturated heterocycles. The molecule has 88 valence electrons. The second-order valence-electron chi connectivity index (χ2n) is 3.35. The Kier molecular flexibility index (Phi) is 3.81. The quantitative estimate of drug-likeness (QED) is 0.785. The van der Waals surface area contributed by atoms with Crippen LogP contribution in [0.4, 0.5) is 0 Å². The molecule has 1 aliphatic rings. The summed E-state index contributed by atoms with van der Waals surface area (Å²) in [4.78, 5) is 12.0. The molecular formula is C10H11ClO4S. The van der Waals surface area contributed by atoms with Gasteiger partial charge in [0.1, 0.15) is 0 Å². The zero-order valence-corrected chi connectivity index (χ0v) is 10.2. The molecule has 1 fully saturated rings. The number of methoxy groups -OCH3 is 1. The summed E-state index contributed by atoms with van der Waals surface area (Å²) in [7, 11) is 1.36. The summed E-state index contributed by atoms with van der Waals surface area (Å²) in [5.74, 6) is -0.293. The summed E-state index contributed by atoms with van der Waals surface area (Å²) < 4.78 is 16.3. The van der Waals surface area contributed by atoms with Gasteiger partial charge in [0, 0.05) is 0 Å². The predicted octanol–water partition coefficient (Wildman–Crippen LogP) is 2.38. The zero-order chi connectivity index (χ0) is 11.5. The maximum Gasteiger partial charge on any atom is 0.308 e. The van der Waals surface area contributed by atoms with Crippen LogP contribution in [0.15, 0.2) is 12.1 Å². The van der Waals surface area contributed by atoms with E-state index in [1.54, 1.807) is 6.07 Å². The van der Waals surface area contributed by atoms with Crippen LogP contribution in [0.25, 0.3) is 0 Å². The Morgan fingerprint density at radius 1 is 1.69 bits per heavy atom. The molecule has 4 nitrogen and oxygen atoms in total. The van der Waals surface area contributed by atoms with E-state index in [0.717, 1.165) is 4.88 Å². The molecule has 0 aromatic carbocycles.